The van der Waals surface area contributed by atoms with Gasteiger partial charge in [0, 0.05) is 23.6 Å². The maximum Gasteiger partial charge on any atom is 0.416 e. The van der Waals surface area contributed by atoms with Gasteiger partial charge in [0.2, 0.25) is 0 Å². The Morgan fingerprint density at radius 3 is 2.56 bits per heavy atom. The van der Waals surface area contributed by atoms with Crippen LogP contribution >= 0.6 is 0 Å². The van der Waals surface area contributed by atoms with E-state index in [4.69, 9.17) is 4.42 Å². The lowest BCUT2D eigenvalue weighted by atomic mass is 10.1. The number of rotatable bonds is 5. The van der Waals surface area contributed by atoms with Gasteiger partial charge in [-0.2, -0.15) is 18.3 Å². The summed E-state index contributed by atoms with van der Waals surface area (Å²) in [6.45, 7) is 0.306. The monoisotopic (exact) mass is 463 g/mol. The molecule has 0 unspecified atom stereocenters. The number of amides is 1. The third-order valence-corrected chi connectivity index (χ3v) is 5.17. The molecule has 5 aromatic rings. The van der Waals surface area contributed by atoms with Crippen molar-refractivity contribution in [3.63, 3.8) is 0 Å². The van der Waals surface area contributed by atoms with Gasteiger partial charge in [0.05, 0.1) is 34.7 Å². The van der Waals surface area contributed by atoms with Crippen molar-refractivity contribution in [2.45, 2.75) is 12.7 Å². The lowest BCUT2D eigenvalue weighted by molar-refractivity contribution is -0.137. The van der Waals surface area contributed by atoms with Crippen LogP contribution in [0.2, 0.25) is 0 Å². The van der Waals surface area contributed by atoms with Crippen LogP contribution in [-0.4, -0.2) is 25.7 Å². The van der Waals surface area contributed by atoms with Crippen LogP contribution in [0.15, 0.2) is 83.9 Å². The number of hydrogen-bond donors (Lipinski definition) is 1. The summed E-state index contributed by atoms with van der Waals surface area (Å²) < 4.78 is 45.6. The molecular formula is C24H16F3N5O2. The molecule has 170 valence electrons. The first kappa shape index (κ1) is 21.4. The fourth-order valence-corrected chi connectivity index (χ4v) is 3.50. The molecule has 0 saturated heterocycles. The minimum atomic E-state index is -4.46. The molecular weight excluding hydrogens is 447 g/mol. The first-order chi connectivity index (χ1) is 16.4. The molecule has 0 aliphatic heterocycles. The fourth-order valence-electron chi connectivity index (χ4n) is 3.50. The molecule has 1 aromatic carbocycles. The number of fused-ring (bicyclic) bond motifs is 1. The summed E-state index contributed by atoms with van der Waals surface area (Å²) in [7, 11) is 0. The van der Waals surface area contributed by atoms with Gasteiger partial charge in [-0.1, -0.05) is 0 Å². The molecule has 0 spiro atoms. The first-order valence-electron chi connectivity index (χ1n) is 10.2. The molecule has 0 aliphatic carbocycles. The zero-order chi connectivity index (χ0) is 23.7. The highest BCUT2D eigenvalue weighted by Crippen LogP contribution is 2.30. The summed E-state index contributed by atoms with van der Waals surface area (Å²) >= 11 is 0. The second kappa shape index (κ2) is 8.47. The van der Waals surface area contributed by atoms with E-state index in [1.807, 2.05) is 6.07 Å². The van der Waals surface area contributed by atoms with Gasteiger partial charge in [-0.15, -0.1) is 0 Å². The van der Waals surface area contributed by atoms with Gasteiger partial charge >= 0.3 is 6.18 Å². The summed E-state index contributed by atoms with van der Waals surface area (Å²) in [5.41, 5.74) is 1.35. The van der Waals surface area contributed by atoms with Crippen molar-refractivity contribution >= 4 is 22.6 Å². The van der Waals surface area contributed by atoms with Crippen LogP contribution in [0.5, 0.6) is 0 Å². The van der Waals surface area contributed by atoms with Crippen LogP contribution in [0.25, 0.3) is 22.3 Å². The maximum atomic E-state index is 13.2. The van der Waals surface area contributed by atoms with Crippen LogP contribution in [0.1, 0.15) is 21.7 Å². The number of pyridine rings is 2. The summed E-state index contributed by atoms with van der Waals surface area (Å²) in [5.74, 6) is 0.157. The number of nitrogens with one attached hydrogen (secondary N) is 1. The van der Waals surface area contributed by atoms with Gasteiger partial charge in [0.15, 0.2) is 5.65 Å². The van der Waals surface area contributed by atoms with E-state index in [2.05, 4.69) is 20.4 Å². The average Bonchev–Trinajstić information content (AvgIpc) is 3.49. The van der Waals surface area contributed by atoms with Crippen molar-refractivity contribution in [1.29, 1.82) is 0 Å². The molecule has 10 heteroatoms. The minimum Gasteiger partial charge on any atom is -0.467 e. The summed E-state index contributed by atoms with van der Waals surface area (Å²) in [4.78, 5) is 22.0. The van der Waals surface area contributed by atoms with E-state index in [0.717, 1.165) is 12.1 Å². The number of halogens is 3. The largest absolute Gasteiger partial charge is 0.467 e. The van der Waals surface area contributed by atoms with E-state index < -0.39 is 17.6 Å². The Kier molecular flexibility index (Phi) is 5.33. The number of furan rings is 1. The Morgan fingerprint density at radius 1 is 1.06 bits per heavy atom. The lowest BCUT2D eigenvalue weighted by Gasteiger charge is -2.11. The molecule has 4 aromatic heterocycles. The van der Waals surface area contributed by atoms with E-state index in [0.29, 0.717) is 34.6 Å². The molecule has 1 N–H and O–H groups in total. The third kappa shape index (κ3) is 4.25. The maximum absolute atomic E-state index is 13.2. The van der Waals surface area contributed by atoms with E-state index in [9.17, 15) is 18.0 Å². The first-order valence-corrected chi connectivity index (χ1v) is 10.2. The van der Waals surface area contributed by atoms with Crippen molar-refractivity contribution in [3.8, 4) is 11.3 Å². The zero-order valence-electron chi connectivity index (χ0n) is 17.5. The highest BCUT2D eigenvalue weighted by Gasteiger charge is 2.30. The molecule has 0 bridgehead atoms. The van der Waals surface area contributed by atoms with Gasteiger partial charge in [-0.25, -0.2) is 9.67 Å². The third-order valence-electron chi connectivity index (χ3n) is 5.17. The Balaban J connectivity index is 1.55. The summed E-state index contributed by atoms with van der Waals surface area (Å²) in [5, 5.41) is 7.51. The number of nitrogens with zero attached hydrogens (tertiary/aromatic N) is 4. The highest BCUT2D eigenvalue weighted by atomic mass is 19.4. The van der Waals surface area contributed by atoms with Gasteiger partial charge in [-0.3, -0.25) is 9.78 Å². The predicted octanol–water partition coefficient (Wildman–Crippen LogP) is 5.41. The quantitative estimate of drug-likeness (QED) is 0.377. The number of carbonyl (C=O) groups is 1. The topological polar surface area (TPSA) is 85.8 Å². The Morgan fingerprint density at radius 2 is 1.88 bits per heavy atom. The number of aromatic nitrogens is 4. The number of carbonyl (C=O) groups excluding carboxylic acids is 1. The summed E-state index contributed by atoms with van der Waals surface area (Å²) in [6, 6.07) is 13.0. The average molecular weight is 463 g/mol. The molecule has 0 atom stereocenters. The van der Waals surface area contributed by atoms with E-state index in [1.165, 1.54) is 18.3 Å². The minimum absolute atomic E-state index is 0.230. The molecule has 0 fully saturated rings. The SMILES string of the molecule is O=C(Nc1ccc(C(F)(F)F)cc1)c1cc(-c2cccnc2)nc2c1cnn2Cc1ccco1. The Hall–Kier alpha value is -4.47. The molecule has 4 heterocycles. The number of benzene rings is 1. The van der Waals surface area contributed by atoms with Gasteiger partial charge in [0.25, 0.3) is 5.91 Å². The second-order valence-corrected chi connectivity index (χ2v) is 7.44. The van der Waals surface area contributed by atoms with Gasteiger partial charge in [-0.05, 0) is 54.6 Å². The van der Waals surface area contributed by atoms with Crippen molar-refractivity contribution in [1.82, 2.24) is 19.7 Å². The van der Waals surface area contributed by atoms with E-state index >= 15 is 0 Å². The highest BCUT2D eigenvalue weighted by molar-refractivity contribution is 6.12. The Labute approximate surface area is 190 Å². The molecule has 7 nitrogen and oxygen atoms in total. The summed E-state index contributed by atoms with van der Waals surface area (Å²) in [6.07, 6.45) is 1.87. The number of alkyl halides is 3. The number of hydrogen-bond acceptors (Lipinski definition) is 5. The van der Waals surface area contributed by atoms with Crippen LogP contribution in [0.3, 0.4) is 0 Å². The molecule has 34 heavy (non-hydrogen) atoms. The molecule has 0 radical (unpaired) electrons. The van der Waals surface area contributed by atoms with Crippen LogP contribution in [0.4, 0.5) is 18.9 Å². The van der Waals surface area contributed by atoms with E-state index in [1.54, 1.807) is 47.6 Å². The van der Waals surface area contributed by atoms with Crippen molar-refractivity contribution in [2.24, 2.45) is 0 Å². The fraction of sp³-hybridized carbons (Fsp3) is 0.0833. The Bertz CT molecular complexity index is 1440. The van der Waals surface area contributed by atoms with Crippen LogP contribution < -0.4 is 5.32 Å². The predicted molar refractivity (Wildman–Crippen MR) is 118 cm³/mol. The van der Waals surface area contributed by atoms with Crippen LogP contribution in [0, 0.1) is 0 Å². The van der Waals surface area contributed by atoms with Gasteiger partial charge < -0.3 is 9.73 Å². The molecule has 1 amide bonds. The van der Waals surface area contributed by atoms with Crippen molar-refractivity contribution in [3.05, 3.63) is 96.3 Å². The van der Waals surface area contributed by atoms with Crippen LogP contribution in [-0.2, 0) is 12.7 Å². The zero-order valence-corrected chi connectivity index (χ0v) is 17.5. The molecule has 5 rings (SSSR count). The number of anilines is 1. The van der Waals surface area contributed by atoms with Gasteiger partial charge in [0.1, 0.15) is 12.3 Å². The van der Waals surface area contributed by atoms with E-state index in [-0.39, 0.29) is 11.3 Å². The second-order valence-electron chi connectivity index (χ2n) is 7.44. The van der Waals surface area contributed by atoms with Crippen molar-refractivity contribution in [2.75, 3.05) is 5.32 Å². The smallest absolute Gasteiger partial charge is 0.416 e. The van der Waals surface area contributed by atoms with Crippen molar-refractivity contribution < 1.29 is 22.4 Å². The normalized spacial score (nSPS) is 11.6. The molecule has 0 saturated carbocycles. The lowest BCUT2D eigenvalue weighted by Crippen LogP contribution is -2.14. The standard InChI is InChI=1S/C24H16F3N5O2/c25-24(26,27)16-5-7-17(8-6-16)30-23(33)19-11-21(15-3-1-9-28-12-15)31-22-20(19)13-29-32(22)14-18-4-2-10-34-18/h1-13H,14H2,(H,30,33). The molecule has 0 aliphatic rings.